The van der Waals surface area contributed by atoms with Crippen LogP contribution in [0.5, 0.6) is 0 Å². The first kappa shape index (κ1) is 29.7. The van der Waals surface area contributed by atoms with E-state index in [0.29, 0.717) is 35.2 Å². The SMILES string of the molecule is CC(C)(Sc1ccc(CCN(CCCCC2CCCCC2)C(=O)Nc2cc(Cl)cc(Cl)c2)cc1)C(=O)O. The molecule has 0 saturated heterocycles. The first-order chi connectivity index (χ1) is 17.6. The number of carboxylic acid groups (broad SMARTS) is 1. The first-order valence-electron chi connectivity index (χ1n) is 13.2. The Bertz CT molecular complexity index is 1020. The Labute approximate surface area is 235 Å². The van der Waals surface area contributed by atoms with Gasteiger partial charge in [0.15, 0.2) is 0 Å². The van der Waals surface area contributed by atoms with Crippen LogP contribution in [0, 0.1) is 5.92 Å². The molecule has 5 nitrogen and oxygen atoms in total. The third kappa shape index (κ3) is 10.1. The number of hydrogen-bond donors (Lipinski definition) is 2. The van der Waals surface area contributed by atoms with Crippen LogP contribution in [0.25, 0.3) is 0 Å². The number of nitrogens with one attached hydrogen (secondary N) is 1. The fraction of sp³-hybridized carbons (Fsp3) is 0.517. The topological polar surface area (TPSA) is 69.6 Å². The summed E-state index contributed by atoms with van der Waals surface area (Å²) in [5, 5.41) is 13.3. The molecule has 1 saturated carbocycles. The van der Waals surface area contributed by atoms with E-state index in [1.165, 1.54) is 50.3 Å². The molecule has 0 radical (unpaired) electrons. The number of hydrogen-bond acceptors (Lipinski definition) is 3. The van der Waals surface area contributed by atoms with Crippen LogP contribution in [0.4, 0.5) is 10.5 Å². The predicted octanol–water partition coefficient (Wildman–Crippen LogP) is 8.78. The van der Waals surface area contributed by atoms with Crippen molar-refractivity contribution in [3.05, 3.63) is 58.1 Å². The summed E-state index contributed by atoms with van der Waals surface area (Å²) in [6.45, 7) is 4.67. The molecule has 2 aromatic rings. The van der Waals surface area contributed by atoms with Crippen molar-refractivity contribution in [3.63, 3.8) is 0 Å². The molecule has 1 fully saturated rings. The quantitative estimate of drug-likeness (QED) is 0.199. The lowest BCUT2D eigenvalue weighted by atomic mass is 9.86. The van der Waals surface area contributed by atoms with Crippen LogP contribution in [0.15, 0.2) is 47.4 Å². The number of halogens is 2. The number of aliphatic carboxylic acids is 1. The van der Waals surface area contributed by atoms with E-state index in [1.54, 1.807) is 32.0 Å². The Morgan fingerprint density at radius 3 is 2.27 bits per heavy atom. The average molecular weight is 566 g/mol. The number of benzene rings is 2. The van der Waals surface area contributed by atoms with Crippen molar-refractivity contribution in [1.82, 2.24) is 4.90 Å². The molecule has 8 heteroatoms. The van der Waals surface area contributed by atoms with Gasteiger partial charge >= 0.3 is 12.0 Å². The van der Waals surface area contributed by atoms with E-state index in [4.69, 9.17) is 23.2 Å². The molecule has 1 aliphatic carbocycles. The van der Waals surface area contributed by atoms with Gasteiger partial charge < -0.3 is 15.3 Å². The maximum Gasteiger partial charge on any atom is 0.321 e. The van der Waals surface area contributed by atoms with E-state index in [9.17, 15) is 14.7 Å². The number of urea groups is 1. The van der Waals surface area contributed by atoms with Gasteiger partial charge in [0.1, 0.15) is 4.75 Å². The number of unbranched alkanes of at least 4 members (excludes halogenated alkanes) is 1. The van der Waals surface area contributed by atoms with Crippen molar-refractivity contribution in [1.29, 1.82) is 0 Å². The van der Waals surface area contributed by atoms with Crippen molar-refractivity contribution in [2.45, 2.75) is 81.3 Å². The van der Waals surface area contributed by atoms with Crippen molar-refractivity contribution in [2.24, 2.45) is 5.92 Å². The maximum absolute atomic E-state index is 13.2. The Kier molecular flexibility index (Phi) is 11.5. The molecule has 0 bridgehead atoms. The lowest BCUT2D eigenvalue weighted by molar-refractivity contribution is -0.138. The van der Waals surface area contributed by atoms with E-state index in [1.807, 2.05) is 29.2 Å². The number of rotatable bonds is 12. The molecule has 0 aromatic heterocycles. The van der Waals surface area contributed by atoms with Crippen LogP contribution in [0.2, 0.25) is 10.0 Å². The second-order valence-electron chi connectivity index (χ2n) is 10.4. The van der Waals surface area contributed by atoms with E-state index < -0.39 is 10.7 Å². The molecule has 2 N–H and O–H groups in total. The average Bonchev–Trinajstić information content (AvgIpc) is 2.84. The Balaban J connectivity index is 1.59. The molecular formula is C29H38Cl2N2O3S. The minimum atomic E-state index is -0.892. The zero-order chi connectivity index (χ0) is 26.8. The molecule has 0 atom stereocenters. The molecule has 2 amide bonds. The first-order valence-corrected chi connectivity index (χ1v) is 14.7. The smallest absolute Gasteiger partial charge is 0.321 e. The molecule has 0 spiro atoms. The lowest BCUT2D eigenvalue weighted by Crippen LogP contribution is -2.37. The van der Waals surface area contributed by atoms with Gasteiger partial charge in [0.25, 0.3) is 0 Å². The Hall–Kier alpha value is -1.89. The summed E-state index contributed by atoms with van der Waals surface area (Å²) in [5.41, 5.74) is 1.68. The molecule has 0 heterocycles. The van der Waals surface area contributed by atoms with Crippen LogP contribution in [-0.2, 0) is 11.2 Å². The van der Waals surface area contributed by atoms with Crippen LogP contribution in [0.1, 0.15) is 70.8 Å². The van der Waals surface area contributed by atoms with E-state index >= 15 is 0 Å². The normalized spacial score (nSPS) is 14.4. The van der Waals surface area contributed by atoms with Gasteiger partial charge in [-0.05, 0) is 68.5 Å². The number of carboxylic acids is 1. The van der Waals surface area contributed by atoms with Gasteiger partial charge in [0.2, 0.25) is 0 Å². The number of anilines is 1. The van der Waals surface area contributed by atoms with Crippen LogP contribution in [0.3, 0.4) is 0 Å². The second-order valence-corrected chi connectivity index (χ2v) is 13.0. The fourth-order valence-corrected chi connectivity index (χ4v) is 6.16. The fourth-order valence-electron chi connectivity index (χ4n) is 4.68. The second kappa shape index (κ2) is 14.3. The van der Waals surface area contributed by atoms with Gasteiger partial charge in [-0.15, -0.1) is 11.8 Å². The summed E-state index contributed by atoms with van der Waals surface area (Å²) < 4.78 is -0.892. The van der Waals surface area contributed by atoms with Crippen molar-refractivity contribution < 1.29 is 14.7 Å². The Morgan fingerprint density at radius 2 is 1.65 bits per heavy atom. The minimum absolute atomic E-state index is 0.161. The molecular weight excluding hydrogens is 527 g/mol. The summed E-state index contributed by atoms with van der Waals surface area (Å²) >= 11 is 13.6. The largest absolute Gasteiger partial charge is 0.480 e. The zero-order valence-electron chi connectivity index (χ0n) is 21.8. The molecule has 1 aliphatic rings. The van der Waals surface area contributed by atoms with Crippen LogP contribution < -0.4 is 5.32 Å². The van der Waals surface area contributed by atoms with Gasteiger partial charge in [-0.3, -0.25) is 4.79 Å². The number of carbonyl (C=O) groups excluding carboxylic acids is 1. The molecule has 0 aliphatic heterocycles. The summed E-state index contributed by atoms with van der Waals surface area (Å²) in [7, 11) is 0. The van der Waals surface area contributed by atoms with Gasteiger partial charge in [-0.2, -0.15) is 0 Å². The predicted molar refractivity (Wildman–Crippen MR) is 155 cm³/mol. The molecule has 3 rings (SSSR count). The van der Waals surface area contributed by atoms with Crippen LogP contribution in [-0.4, -0.2) is 39.8 Å². The number of thioether (sulfide) groups is 1. The highest BCUT2D eigenvalue weighted by atomic mass is 35.5. The molecule has 0 unspecified atom stereocenters. The standard InChI is InChI=1S/C29H38Cl2N2O3S/c1-29(2,27(34)35)37-26-13-11-22(12-14-26)15-17-33(16-7-6-10-21-8-4-3-5-9-21)28(36)32-25-19-23(30)18-24(31)20-25/h11-14,18-21H,3-10,15-17H2,1-2H3,(H,32,36)(H,34,35). The zero-order valence-corrected chi connectivity index (χ0v) is 24.1. The van der Waals surface area contributed by atoms with E-state index in [-0.39, 0.29) is 6.03 Å². The van der Waals surface area contributed by atoms with Crippen molar-refractivity contribution in [3.8, 4) is 0 Å². The van der Waals surface area contributed by atoms with Gasteiger partial charge in [0, 0.05) is 33.7 Å². The van der Waals surface area contributed by atoms with Crippen molar-refractivity contribution >= 4 is 52.7 Å². The van der Waals surface area contributed by atoms with Gasteiger partial charge in [0.05, 0.1) is 0 Å². The highest BCUT2D eigenvalue weighted by Crippen LogP contribution is 2.33. The maximum atomic E-state index is 13.2. The summed E-state index contributed by atoms with van der Waals surface area (Å²) in [6.07, 6.45) is 10.8. The molecule has 37 heavy (non-hydrogen) atoms. The van der Waals surface area contributed by atoms with Gasteiger partial charge in [-0.25, -0.2) is 4.79 Å². The molecule has 2 aromatic carbocycles. The summed E-state index contributed by atoms with van der Waals surface area (Å²) in [5.74, 6) is -0.000161. The van der Waals surface area contributed by atoms with Gasteiger partial charge in [-0.1, -0.05) is 80.3 Å². The summed E-state index contributed by atoms with van der Waals surface area (Å²) in [6, 6.07) is 12.8. The monoisotopic (exact) mass is 564 g/mol. The number of amides is 2. The Morgan fingerprint density at radius 1 is 1.00 bits per heavy atom. The van der Waals surface area contributed by atoms with E-state index in [2.05, 4.69) is 5.32 Å². The molecule has 202 valence electrons. The highest BCUT2D eigenvalue weighted by Gasteiger charge is 2.28. The lowest BCUT2D eigenvalue weighted by Gasteiger charge is -2.25. The third-order valence-electron chi connectivity index (χ3n) is 6.90. The minimum Gasteiger partial charge on any atom is -0.480 e. The van der Waals surface area contributed by atoms with E-state index in [0.717, 1.165) is 29.2 Å². The van der Waals surface area contributed by atoms with Crippen LogP contribution >= 0.6 is 35.0 Å². The third-order valence-corrected chi connectivity index (χ3v) is 8.53. The highest BCUT2D eigenvalue weighted by molar-refractivity contribution is 8.01. The van der Waals surface area contributed by atoms with Crippen molar-refractivity contribution in [2.75, 3.05) is 18.4 Å². The number of nitrogens with zero attached hydrogens (tertiary/aromatic N) is 1. The number of carbonyl (C=O) groups is 2. The summed E-state index contributed by atoms with van der Waals surface area (Å²) in [4.78, 5) is 27.4.